The molecule has 0 heterocycles. The van der Waals surface area contributed by atoms with Gasteiger partial charge in [0.05, 0.1) is 5.02 Å². The predicted octanol–water partition coefficient (Wildman–Crippen LogP) is 4.48. The number of hydrogen-bond acceptors (Lipinski definition) is 2. The molecule has 0 fully saturated rings. The summed E-state index contributed by atoms with van der Waals surface area (Å²) in [7, 11) is 0. The van der Waals surface area contributed by atoms with Crippen LogP contribution >= 0.6 is 11.6 Å². The minimum atomic E-state index is -0.422. The lowest BCUT2D eigenvalue weighted by molar-refractivity contribution is 0.301. The Morgan fingerprint density at radius 1 is 1.19 bits per heavy atom. The molecule has 0 aliphatic rings. The van der Waals surface area contributed by atoms with E-state index in [1.54, 1.807) is 12.1 Å². The van der Waals surface area contributed by atoms with Gasteiger partial charge in [0.2, 0.25) is 0 Å². The van der Waals surface area contributed by atoms with E-state index in [1.807, 2.05) is 19.1 Å². The molecule has 112 valence electrons. The van der Waals surface area contributed by atoms with Crippen LogP contribution in [0, 0.1) is 12.7 Å². The second kappa shape index (κ2) is 7.43. The van der Waals surface area contributed by atoms with Gasteiger partial charge >= 0.3 is 0 Å². The molecule has 4 heteroatoms. The van der Waals surface area contributed by atoms with Crippen LogP contribution < -0.4 is 10.1 Å². The van der Waals surface area contributed by atoms with Crippen LogP contribution in [0.4, 0.5) is 4.39 Å². The van der Waals surface area contributed by atoms with E-state index in [-0.39, 0.29) is 11.6 Å². The molecule has 0 radical (unpaired) electrons. The molecular formula is C17H19ClFNO. The van der Waals surface area contributed by atoms with Gasteiger partial charge in [0, 0.05) is 17.7 Å². The third kappa shape index (κ3) is 4.19. The molecule has 2 nitrogen and oxygen atoms in total. The number of nitrogens with one attached hydrogen (secondary N) is 1. The Hall–Kier alpha value is -1.58. The Morgan fingerprint density at radius 3 is 2.76 bits per heavy atom. The first-order valence-corrected chi connectivity index (χ1v) is 7.35. The first-order valence-electron chi connectivity index (χ1n) is 6.97. The van der Waals surface area contributed by atoms with Crippen molar-refractivity contribution in [3.63, 3.8) is 0 Å². The van der Waals surface area contributed by atoms with Crippen molar-refractivity contribution in [3.8, 4) is 5.75 Å². The predicted molar refractivity (Wildman–Crippen MR) is 84.3 cm³/mol. The molecule has 0 saturated carbocycles. The van der Waals surface area contributed by atoms with Gasteiger partial charge in [-0.05, 0) is 25.6 Å². The van der Waals surface area contributed by atoms with Gasteiger partial charge in [0.25, 0.3) is 0 Å². The molecule has 0 saturated heterocycles. The molecule has 0 aliphatic carbocycles. The van der Waals surface area contributed by atoms with Crippen LogP contribution in [0.5, 0.6) is 5.75 Å². The zero-order chi connectivity index (χ0) is 15.2. The SMILES string of the molecule is CCNCc1cc(C)ccc1OCc1cccc(F)c1Cl. The summed E-state index contributed by atoms with van der Waals surface area (Å²) in [6.45, 7) is 5.98. The van der Waals surface area contributed by atoms with Crippen LogP contribution in [-0.2, 0) is 13.2 Å². The molecule has 1 N–H and O–H groups in total. The van der Waals surface area contributed by atoms with Crippen LogP contribution in [0.2, 0.25) is 5.02 Å². The maximum atomic E-state index is 13.4. The van der Waals surface area contributed by atoms with Crippen LogP contribution in [-0.4, -0.2) is 6.54 Å². The lowest BCUT2D eigenvalue weighted by Gasteiger charge is -2.13. The molecule has 21 heavy (non-hydrogen) atoms. The van der Waals surface area contributed by atoms with Gasteiger partial charge in [0.1, 0.15) is 18.2 Å². The van der Waals surface area contributed by atoms with Crippen molar-refractivity contribution in [2.75, 3.05) is 6.54 Å². The monoisotopic (exact) mass is 307 g/mol. The zero-order valence-electron chi connectivity index (χ0n) is 12.2. The van der Waals surface area contributed by atoms with Gasteiger partial charge in [-0.1, -0.05) is 48.4 Å². The first kappa shape index (κ1) is 15.8. The third-order valence-corrected chi connectivity index (χ3v) is 3.62. The number of halogens is 2. The van der Waals surface area contributed by atoms with E-state index in [0.717, 1.165) is 24.4 Å². The van der Waals surface area contributed by atoms with E-state index in [9.17, 15) is 4.39 Å². The van der Waals surface area contributed by atoms with Crippen molar-refractivity contribution in [2.24, 2.45) is 0 Å². The van der Waals surface area contributed by atoms with E-state index in [1.165, 1.54) is 11.6 Å². The summed E-state index contributed by atoms with van der Waals surface area (Å²) < 4.78 is 19.2. The van der Waals surface area contributed by atoms with E-state index in [0.29, 0.717) is 5.56 Å². The fourth-order valence-corrected chi connectivity index (χ4v) is 2.24. The van der Waals surface area contributed by atoms with Crippen molar-refractivity contribution < 1.29 is 9.13 Å². The average Bonchev–Trinajstić information content (AvgIpc) is 2.48. The minimum absolute atomic E-state index is 0.123. The highest BCUT2D eigenvalue weighted by Crippen LogP contribution is 2.24. The van der Waals surface area contributed by atoms with Gasteiger partial charge in [-0.25, -0.2) is 4.39 Å². The highest BCUT2D eigenvalue weighted by atomic mass is 35.5. The number of hydrogen-bond donors (Lipinski definition) is 1. The first-order chi connectivity index (χ1) is 10.1. The van der Waals surface area contributed by atoms with Crippen LogP contribution in [0.15, 0.2) is 36.4 Å². The van der Waals surface area contributed by atoms with Crippen molar-refractivity contribution in [1.82, 2.24) is 5.32 Å². The van der Waals surface area contributed by atoms with E-state index < -0.39 is 5.82 Å². The highest BCUT2D eigenvalue weighted by molar-refractivity contribution is 6.31. The van der Waals surface area contributed by atoms with E-state index in [2.05, 4.69) is 18.3 Å². The second-order valence-corrected chi connectivity index (χ2v) is 5.27. The summed E-state index contributed by atoms with van der Waals surface area (Å²) >= 11 is 5.94. The summed E-state index contributed by atoms with van der Waals surface area (Å²) in [5.74, 6) is 0.372. The summed E-state index contributed by atoms with van der Waals surface area (Å²) in [6.07, 6.45) is 0. The van der Waals surface area contributed by atoms with Crippen molar-refractivity contribution in [2.45, 2.75) is 27.0 Å². The molecule has 0 bridgehead atoms. The summed E-state index contributed by atoms with van der Waals surface area (Å²) in [6, 6.07) is 10.8. The molecule has 0 spiro atoms. The largest absolute Gasteiger partial charge is 0.489 e. The lowest BCUT2D eigenvalue weighted by atomic mass is 10.1. The van der Waals surface area contributed by atoms with Gasteiger partial charge in [-0.15, -0.1) is 0 Å². The minimum Gasteiger partial charge on any atom is -0.489 e. The maximum Gasteiger partial charge on any atom is 0.142 e. The molecular weight excluding hydrogens is 289 g/mol. The summed E-state index contributed by atoms with van der Waals surface area (Å²) in [5.41, 5.74) is 2.91. The van der Waals surface area contributed by atoms with Gasteiger partial charge in [0.15, 0.2) is 0 Å². The van der Waals surface area contributed by atoms with Crippen LogP contribution in [0.25, 0.3) is 0 Å². The molecule has 0 aromatic heterocycles. The molecule has 2 aromatic rings. The summed E-state index contributed by atoms with van der Waals surface area (Å²) in [5, 5.41) is 3.41. The smallest absolute Gasteiger partial charge is 0.142 e. The molecule has 0 atom stereocenters. The standard InChI is InChI=1S/C17H19ClFNO/c1-3-20-10-14-9-12(2)7-8-16(14)21-11-13-5-4-6-15(19)17(13)18/h4-9,20H,3,10-11H2,1-2H3. The zero-order valence-corrected chi connectivity index (χ0v) is 13.0. The normalized spacial score (nSPS) is 10.7. The number of aryl methyl sites for hydroxylation is 1. The Morgan fingerprint density at radius 2 is 2.00 bits per heavy atom. The molecule has 0 aliphatic heterocycles. The van der Waals surface area contributed by atoms with Gasteiger partial charge < -0.3 is 10.1 Å². The fraction of sp³-hybridized carbons (Fsp3) is 0.294. The Bertz CT molecular complexity index is 616. The molecule has 2 aromatic carbocycles. The lowest BCUT2D eigenvalue weighted by Crippen LogP contribution is -2.13. The average molecular weight is 308 g/mol. The Kier molecular flexibility index (Phi) is 5.59. The maximum absolute atomic E-state index is 13.4. The van der Waals surface area contributed by atoms with Crippen molar-refractivity contribution >= 4 is 11.6 Å². The molecule has 2 rings (SSSR count). The molecule has 0 unspecified atom stereocenters. The topological polar surface area (TPSA) is 21.3 Å². The summed E-state index contributed by atoms with van der Waals surface area (Å²) in [4.78, 5) is 0. The fourth-order valence-electron chi connectivity index (χ4n) is 2.06. The molecule has 0 amide bonds. The Balaban J connectivity index is 2.14. The van der Waals surface area contributed by atoms with E-state index >= 15 is 0 Å². The number of ether oxygens (including phenoxy) is 1. The number of rotatable bonds is 6. The van der Waals surface area contributed by atoms with Gasteiger partial charge in [-0.2, -0.15) is 0 Å². The quantitative estimate of drug-likeness (QED) is 0.850. The second-order valence-electron chi connectivity index (χ2n) is 4.89. The van der Waals surface area contributed by atoms with Crippen molar-refractivity contribution in [1.29, 1.82) is 0 Å². The number of benzene rings is 2. The third-order valence-electron chi connectivity index (χ3n) is 3.20. The highest BCUT2D eigenvalue weighted by Gasteiger charge is 2.08. The van der Waals surface area contributed by atoms with Gasteiger partial charge in [-0.3, -0.25) is 0 Å². The van der Waals surface area contributed by atoms with Crippen molar-refractivity contribution in [3.05, 3.63) is 63.9 Å². The van der Waals surface area contributed by atoms with E-state index in [4.69, 9.17) is 16.3 Å². The van der Waals surface area contributed by atoms with Crippen LogP contribution in [0.3, 0.4) is 0 Å². The Labute approximate surface area is 129 Å². The van der Waals surface area contributed by atoms with Crippen LogP contribution in [0.1, 0.15) is 23.6 Å².